The highest BCUT2D eigenvalue weighted by Crippen LogP contribution is 2.48. The van der Waals surface area contributed by atoms with Crippen LogP contribution in [0, 0.1) is 24.6 Å². The van der Waals surface area contributed by atoms with Crippen molar-refractivity contribution in [2.45, 2.75) is 58.0 Å². The van der Waals surface area contributed by atoms with Crippen molar-refractivity contribution in [3.05, 3.63) is 82.9 Å². The maximum absolute atomic E-state index is 15.3. The van der Waals surface area contributed by atoms with Crippen LogP contribution in [0.25, 0.3) is 11.1 Å². The number of carboxylic acids is 1. The van der Waals surface area contributed by atoms with Gasteiger partial charge in [0.1, 0.15) is 17.7 Å². The van der Waals surface area contributed by atoms with Crippen LogP contribution >= 0.6 is 0 Å². The van der Waals surface area contributed by atoms with Crippen molar-refractivity contribution in [1.29, 1.82) is 0 Å². The second-order valence-corrected chi connectivity index (χ2v) is 9.78. The normalized spacial score (nSPS) is 19.4. The molecule has 4 nitrogen and oxygen atoms in total. The van der Waals surface area contributed by atoms with E-state index in [2.05, 4.69) is 17.1 Å². The minimum absolute atomic E-state index is 0.0204. The standard InChI is InChI=1S/C29H30FNO3/c1-17-14-22(12-13-31-17)21-10-11-24(25(30)15-21)26-5-3-4-19-6-9-23(16-27(19)34-26)28(20-7-8-20)18(2)29(32)33/h6,9-16,18,20,26,28H,3-5,7-8H2,1-2H3,(H,32,33)/t18-,26?,28-/m0/s1. The molecule has 2 heterocycles. The Labute approximate surface area is 199 Å². The number of aryl methyl sites for hydroxylation is 2. The van der Waals surface area contributed by atoms with Crippen LogP contribution < -0.4 is 4.74 Å². The molecule has 1 unspecified atom stereocenters. The zero-order valence-electron chi connectivity index (χ0n) is 19.6. The highest BCUT2D eigenvalue weighted by molar-refractivity contribution is 5.71. The Morgan fingerprint density at radius 1 is 1.09 bits per heavy atom. The molecular formula is C29H30FNO3. The van der Waals surface area contributed by atoms with Gasteiger partial charge in [-0.15, -0.1) is 0 Å². The van der Waals surface area contributed by atoms with Crippen LogP contribution in [0.1, 0.15) is 67.0 Å². The third-order valence-corrected chi connectivity index (χ3v) is 7.29. The lowest BCUT2D eigenvalue weighted by Gasteiger charge is -2.24. The molecule has 0 saturated heterocycles. The molecule has 1 aliphatic carbocycles. The second-order valence-electron chi connectivity index (χ2n) is 9.78. The number of halogens is 1. The zero-order chi connectivity index (χ0) is 23.8. The van der Waals surface area contributed by atoms with Gasteiger partial charge in [-0.05, 0) is 97.4 Å². The SMILES string of the molecule is Cc1cc(-c2ccc(C3CCCc4ccc([C@H](C5CC5)[C@H](C)C(=O)O)cc4O3)c(F)c2)ccn1. The third-order valence-electron chi connectivity index (χ3n) is 7.29. The van der Waals surface area contributed by atoms with Gasteiger partial charge in [0, 0.05) is 17.5 Å². The highest BCUT2D eigenvalue weighted by atomic mass is 19.1. The number of rotatable bonds is 6. The summed E-state index contributed by atoms with van der Waals surface area (Å²) in [6, 6.07) is 15.3. The molecule has 2 aliphatic rings. The number of nitrogens with zero attached hydrogens (tertiary/aromatic N) is 1. The number of aromatic nitrogens is 1. The number of carboxylic acid groups (broad SMARTS) is 1. The average molecular weight is 460 g/mol. The molecule has 176 valence electrons. The smallest absolute Gasteiger partial charge is 0.306 e. The van der Waals surface area contributed by atoms with Gasteiger partial charge in [-0.25, -0.2) is 4.39 Å². The lowest BCUT2D eigenvalue weighted by Crippen LogP contribution is -2.20. The van der Waals surface area contributed by atoms with Crippen LogP contribution in [-0.2, 0) is 11.2 Å². The van der Waals surface area contributed by atoms with Crippen LogP contribution in [0.15, 0.2) is 54.7 Å². The molecular weight excluding hydrogens is 429 g/mol. The first-order valence-electron chi connectivity index (χ1n) is 12.2. The first-order valence-corrected chi connectivity index (χ1v) is 12.2. The van der Waals surface area contributed by atoms with E-state index >= 15 is 4.39 Å². The van der Waals surface area contributed by atoms with Gasteiger partial charge in [-0.3, -0.25) is 9.78 Å². The van der Waals surface area contributed by atoms with E-state index in [9.17, 15) is 9.90 Å². The van der Waals surface area contributed by atoms with E-state index in [-0.39, 0.29) is 17.8 Å². The molecule has 3 aromatic rings. The van der Waals surface area contributed by atoms with Gasteiger partial charge >= 0.3 is 5.97 Å². The molecule has 5 heteroatoms. The molecule has 0 radical (unpaired) electrons. The summed E-state index contributed by atoms with van der Waals surface area (Å²) < 4.78 is 21.7. The van der Waals surface area contributed by atoms with E-state index in [0.29, 0.717) is 11.5 Å². The number of benzene rings is 2. The van der Waals surface area contributed by atoms with Crippen LogP contribution in [-0.4, -0.2) is 16.1 Å². The Bertz CT molecular complexity index is 1220. The van der Waals surface area contributed by atoms with Crippen LogP contribution in [0.5, 0.6) is 5.75 Å². The van der Waals surface area contributed by atoms with Gasteiger partial charge in [-0.1, -0.05) is 31.2 Å². The maximum atomic E-state index is 15.3. The first kappa shape index (κ1) is 22.6. The molecule has 1 aliphatic heterocycles. The molecule has 1 fully saturated rings. The topological polar surface area (TPSA) is 59.4 Å². The van der Waals surface area contributed by atoms with Gasteiger partial charge in [0.2, 0.25) is 0 Å². The van der Waals surface area contributed by atoms with Crippen molar-refractivity contribution < 1.29 is 19.0 Å². The van der Waals surface area contributed by atoms with E-state index in [0.717, 1.165) is 65.8 Å². The monoisotopic (exact) mass is 459 g/mol. The van der Waals surface area contributed by atoms with Crippen molar-refractivity contribution >= 4 is 5.97 Å². The summed E-state index contributed by atoms with van der Waals surface area (Å²) in [7, 11) is 0. The maximum Gasteiger partial charge on any atom is 0.306 e. The predicted molar refractivity (Wildman–Crippen MR) is 129 cm³/mol. The highest BCUT2D eigenvalue weighted by Gasteiger charge is 2.39. The first-order chi connectivity index (χ1) is 16.4. The van der Waals surface area contributed by atoms with Gasteiger partial charge in [0.25, 0.3) is 0 Å². The van der Waals surface area contributed by atoms with E-state index < -0.39 is 11.9 Å². The zero-order valence-corrected chi connectivity index (χ0v) is 19.6. The van der Waals surface area contributed by atoms with Crippen molar-refractivity contribution in [2.24, 2.45) is 11.8 Å². The van der Waals surface area contributed by atoms with Gasteiger partial charge in [0.15, 0.2) is 0 Å². The minimum Gasteiger partial charge on any atom is -0.485 e. The molecule has 0 bridgehead atoms. The summed E-state index contributed by atoms with van der Waals surface area (Å²) in [4.78, 5) is 16.0. The Morgan fingerprint density at radius 3 is 2.59 bits per heavy atom. The molecule has 0 amide bonds. The van der Waals surface area contributed by atoms with E-state index in [1.807, 2.05) is 37.3 Å². The number of pyridine rings is 1. The van der Waals surface area contributed by atoms with Crippen molar-refractivity contribution in [3.8, 4) is 16.9 Å². The largest absolute Gasteiger partial charge is 0.485 e. The molecule has 0 spiro atoms. The van der Waals surface area contributed by atoms with Crippen molar-refractivity contribution in [1.82, 2.24) is 4.98 Å². The van der Waals surface area contributed by atoms with E-state index in [1.165, 1.54) is 0 Å². The summed E-state index contributed by atoms with van der Waals surface area (Å²) in [6.07, 6.45) is 5.99. The summed E-state index contributed by atoms with van der Waals surface area (Å²) in [5.41, 5.74) is 5.33. The number of hydrogen-bond donors (Lipinski definition) is 1. The molecule has 34 heavy (non-hydrogen) atoms. The second kappa shape index (κ2) is 9.21. The Hall–Kier alpha value is -3.21. The lowest BCUT2D eigenvalue weighted by atomic mass is 9.82. The Kier molecular flexibility index (Phi) is 6.11. The third kappa shape index (κ3) is 4.56. The van der Waals surface area contributed by atoms with Crippen molar-refractivity contribution in [3.63, 3.8) is 0 Å². The number of ether oxygens (including phenoxy) is 1. The predicted octanol–water partition coefficient (Wildman–Crippen LogP) is 6.87. The van der Waals surface area contributed by atoms with Gasteiger partial charge < -0.3 is 9.84 Å². The minimum atomic E-state index is -0.766. The summed E-state index contributed by atoms with van der Waals surface area (Å²) in [6.45, 7) is 3.71. The number of hydrogen-bond acceptors (Lipinski definition) is 3. The summed E-state index contributed by atoms with van der Waals surface area (Å²) >= 11 is 0. The van der Waals surface area contributed by atoms with E-state index in [4.69, 9.17) is 4.74 Å². The molecule has 3 atom stereocenters. The van der Waals surface area contributed by atoms with Gasteiger partial charge in [0.05, 0.1) is 5.92 Å². The molecule has 2 aromatic carbocycles. The fraction of sp³-hybridized carbons (Fsp3) is 0.379. The molecule has 1 N–H and O–H groups in total. The average Bonchev–Trinajstić information content (AvgIpc) is 3.66. The lowest BCUT2D eigenvalue weighted by molar-refractivity contribution is -0.142. The number of fused-ring (bicyclic) bond motifs is 1. The van der Waals surface area contributed by atoms with Crippen LogP contribution in [0.4, 0.5) is 4.39 Å². The quantitative estimate of drug-likeness (QED) is 0.437. The summed E-state index contributed by atoms with van der Waals surface area (Å²) in [5.74, 6) is -0.338. The van der Waals surface area contributed by atoms with Gasteiger partial charge in [-0.2, -0.15) is 0 Å². The van der Waals surface area contributed by atoms with Crippen LogP contribution in [0.3, 0.4) is 0 Å². The fourth-order valence-electron chi connectivity index (χ4n) is 5.27. The molecule has 1 aromatic heterocycles. The fourth-order valence-corrected chi connectivity index (χ4v) is 5.27. The molecule has 1 saturated carbocycles. The number of carbonyl (C=O) groups is 1. The van der Waals surface area contributed by atoms with E-state index in [1.54, 1.807) is 19.2 Å². The number of aliphatic carboxylic acids is 1. The van der Waals surface area contributed by atoms with Crippen molar-refractivity contribution in [2.75, 3.05) is 0 Å². The van der Waals surface area contributed by atoms with Crippen LogP contribution in [0.2, 0.25) is 0 Å². The Morgan fingerprint density at radius 2 is 1.88 bits per heavy atom. The Balaban J connectivity index is 1.43. The summed E-state index contributed by atoms with van der Waals surface area (Å²) in [5, 5.41) is 9.64. The molecule has 5 rings (SSSR count).